The summed E-state index contributed by atoms with van der Waals surface area (Å²) in [4.78, 5) is 0. The van der Waals surface area contributed by atoms with Crippen LogP contribution < -0.4 is 0 Å². The average Bonchev–Trinajstić information content (AvgIpc) is 3.01. The molecule has 0 radical (unpaired) electrons. The lowest BCUT2D eigenvalue weighted by atomic mass is 10.1. The Balaban J connectivity index is 1.77. The van der Waals surface area contributed by atoms with Gasteiger partial charge < -0.3 is 4.43 Å². The molecule has 3 aliphatic carbocycles. The lowest BCUT2D eigenvalue weighted by molar-refractivity contribution is 0.151. The highest BCUT2D eigenvalue weighted by molar-refractivity contribution is 6.74. The van der Waals surface area contributed by atoms with Gasteiger partial charge in [-0.1, -0.05) is 20.8 Å². The van der Waals surface area contributed by atoms with Gasteiger partial charge in [-0.25, -0.2) is 0 Å². The molecule has 0 heterocycles. The van der Waals surface area contributed by atoms with E-state index < -0.39 is 17.0 Å². The Morgan fingerprint density at radius 1 is 0.905 bits per heavy atom. The summed E-state index contributed by atoms with van der Waals surface area (Å²) in [6, 6.07) is 0. The number of rotatable bonds is 2. The molecular formula is C15H24Cl4OSi. The molecule has 3 rings (SSSR count). The van der Waals surface area contributed by atoms with E-state index in [1.165, 1.54) is 0 Å². The monoisotopic (exact) mass is 388 g/mol. The molecule has 0 saturated heterocycles. The van der Waals surface area contributed by atoms with Crippen molar-refractivity contribution in [2.75, 3.05) is 0 Å². The van der Waals surface area contributed by atoms with Gasteiger partial charge in [0.2, 0.25) is 0 Å². The summed E-state index contributed by atoms with van der Waals surface area (Å²) in [5, 5.41) is 0.198. The number of alkyl halides is 4. The lowest BCUT2D eigenvalue weighted by Gasteiger charge is -2.39. The molecule has 1 unspecified atom stereocenters. The molecule has 5 atom stereocenters. The summed E-state index contributed by atoms with van der Waals surface area (Å²) < 4.78 is 5.31. The normalized spacial score (nSPS) is 41.0. The van der Waals surface area contributed by atoms with Crippen LogP contribution in [0.2, 0.25) is 18.1 Å². The zero-order valence-electron chi connectivity index (χ0n) is 13.2. The van der Waals surface area contributed by atoms with E-state index in [1.54, 1.807) is 0 Å². The second kappa shape index (κ2) is 4.70. The van der Waals surface area contributed by atoms with E-state index in [0.717, 1.165) is 12.8 Å². The number of hydrogen-bond donors (Lipinski definition) is 0. The van der Waals surface area contributed by atoms with Gasteiger partial charge in [-0.2, -0.15) is 0 Å². The first-order valence-electron chi connectivity index (χ1n) is 7.73. The molecule has 1 nitrogen and oxygen atoms in total. The van der Waals surface area contributed by atoms with Crippen molar-refractivity contribution in [3.8, 4) is 0 Å². The van der Waals surface area contributed by atoms with Crippen LogP contribution in [0.5, 0.6) is 0 Å². The highest BCUT2D eigenvalue weighted by Gasteiger charge is 2.80. The van der Waals surface area contributed by atoms with Crippen LogP contribution >= 0.6 is 46.4 Å². The zero-order valence-corrected chi connectivity index (χ0v) is 17.2. The van der Waals surface area contributed by atoms with Crippen LogP contribution in [0.4, 0.5) is 0 Å². The molecule has 122 valence electrons. The van der Waals surface area contributed by atoms with Gasteiger partial charge in [-0.05, 0) is 31.0 Å². The molecule has 6 heteroatoms. The summed E-state index contributed by atoms with van der Waals surface area (Å²) in [6.45, 7) is 11.4. The standard InChI is InChI=1S/C15H24Cl4OSi/c1-13(2,3)21(4,5)20-8-6-9-11(14(9,16)17)12-10(7-8)15(12,18)19/h8-12H,6-7H2,1-5H3/t8?,9-,10-,11-,12+/m1/s1. The fourth-order valence-electron chi connectivity index (χ4n) is 3.77. The van der Waals surface area contributed by atoms with Gasteiger partial charge in [0.1, 0.15) is 8.67 Å². The molecule has 0 aromatic heterocycles. The van der Waals surface area contributed by atoms with E-state index >= 15 is 0 Å². The van der Waals surface area contributed by atoms with Gasteiger partial charge in [0.05, 0.1) is 0 Å². The van der Waals surface area contributed by atoms with E-state index in [-0.39, 0.29) is 34.8 Å². The number of hydrogen-bond acceptors (Lipinski definition) is 1. The third-order valence-corrected chi connectivity index (χ3v) is 12.9. The number of fused-ring (bicyclic) bond motifs is 3. The Labute approximate surface area is 149 Å². The van der Waals surface area contributed by atoms with E-state index in [4.69, 9.17) is 50.8 Å². The SMILES string of the molecule is CC(C)(C)[Si](C)(C)OC1C[C@@H]2[C@@H]([C@H]3[C@@H](C1)C3(Cl)Cl)C2(Cl)Cl. The van der Waals surface area contributed by atoms with Gasteiger partial charge in [0, 0.05) is 29.8 Å². The molecule has 0 N–H and O–H groups in total. The molecule has 0 aliphatic heterocycles. The molecule has 3 aliphatic rings. The van der Waals surface area contributed by atoms with Gasteiger partial charge in [-0.3, -0.25) is 0 Å². The van der Waals surface area contributed by atoms with Gasteiger partial charge in [0.15, 0.2) is 8.32 Å². The molecule has 0 aromatic rings. The van der Waals surface area contributed by atoms with Crippen LogP contribution in [0, 0.1) is 23.7 Å². The summed E-state index contributed by atoms with van der Waals surface area (Å²) in [5.41, 5.74) is 0. The molecule has 0 bridgehead atoms. The minimum Gasteiger partial charge on any atom is -0.414 e. The summed E-state index contributed by atoms with van der Waals surface area (Å²) in [6.07, 6.45) is 2.08. The van der Waals surface area contributed by atoms with Crippen LogP contribution in [0.15, 0.2) is 0 Å². The first-order chi connectivity index (χ1) is 9.30. The van der Waals surface area contributed by atoms with Crippen molar-refractivity contribution in [3.05, 3.63) is 0 Å². The largest absolute Gasteiger partial charge is 0.414 e. The first-order valence-corrected chi connectivity index (χ1v) is 12.2. The second-order valence-electron chi connectivity index (χ2n) is 8.59. The van der Waals surface area contributed by atoms with Crippen molar-refractivity contribution in [1.82, 2.24) is 0 Å². The minimum absolute atomic E-state index is 0.187. The fourth-order valence-corrected chi connectivity index (χ4v) is 6.95. The zero-order chi connectivity index (χ0) is 16.0. The lowest BCUT2D eigenvalue weighted by Crippen LogP contribution is -2.44. The minimum atomic E-state index is -1.80. The van der Waals surface area contributed by atoms with Crippen molar-refractivity contribution in [1.29, 1.82) is 0 Å². The highest BCUT2D eigenvalue weighted by atomic mass is 35.5. The van der Waals surface area contributed by atoms with Crippen molar-refractivity contribution in [2.24, 2.45) is 23.7 Å². The van der Waals surface area contributed by atoms with Crippen LogP contribution in [0.3, 0.4) is 0 Å². The van der Waals surface area contributed by atoms with Crippen molar-refractivity contribution in [2.45, 2.75) is 66.5 Å². The first kappa shape index (κ1) is 17.2. The number of halogens is 4. The maximum Gasteiger partial charge on any atom is 0.192 e. The molecular weight excluding hydrogens is 366 g/mol. The van der Waals surface area contributed by atoms with E-state index in [9.17, 15) is 0 Å². The van der Waals surface area contributed by atoms with Gasteiger partial charge >= 0.3 is 0 Å². The van der Waals surface area contributed by atoms with Crippen LogP contribution in [0.25, 0.3) is 0 Å². The maximum absolute atomic E-state index is 6.61. The van der Waals surface area contributed by atoms with Crippen LogP contribution in [-0.2, 0) is 4.43 Å². The Hall–Kier alpha value is 1.34. The molecule has 0 amide bonds. The van der Waals surface area contributed by atoms with Crippen LogP contribution in [-0.4, -0.2) is 23.1 Å². The van der Waals surface area contributed by atoms with E-state index in [1.807, 2.05) is 0 Å². The summed E-state index contributed by atoms with van der Waals surface area (Å²) in [5.74, 6) is 1.05. The summed E-state index contributed by atoms with van der Waals surface area (Å²) >= 11 is 25.9. The topological polar surface area (TPSA) is 9.23 Å². The average molecular weight is 390 g/mol. The van der Waals surface area contributed by atoms with Crippen molar-refractivity contribution in [3.63, 3.8) is 0 Å². The molecule has 21 heavy (non-hydrogen) atoms. The Morgan fingerprint density at radius 3 is 1.62 bits per heavy atom. The molecule has 3 fully saturated rings. The third-order valence-electron chi connectivity index (χ3n) is 6.21. The third kappa shape index (κ3) is 2.61. The van der Waals surface area contributed by atoms with Crippen molar-refractivity contribution < 1.29 is 4.43 Å². The fraction of sp³-hybridized carbons (Fsp3) is 1.00. The summed E-state index contributed by atoms with van der Waals surface area (Å²) in [7, 11) is -1.80. The van der Waals surface area contributed by atoms with E-state index in [2.05, 4.69) is 33.9 Å². The molecule has 3 saturated carbocycles. The molecule has 0 spiro atoms. The maximum atomic E-state index is 6.61. The van der Waals surface area contributed by atoms with Gasteiger partial charge in [0.25, 0.3) is 0 Å². The quantitative estimate of drug-likeness (QED) is 0.415. The Morgan fingerprint density at radius 2 is 1.29 bits per heavy atom. The Kier molecular flexibility index (Phi) is 3.84. The smallest absolute Gasteiger partial charge is 0.192 e. The second-order valence-corrected chi connectivity index (χ2v) is 16.2. The Bertz CT molecular complexity index is 429. The predicted octanol–water partition coefficient (Wildman–Crippen LogP) is 6.01. The van der Waals surface area contributed by atoms with Crippen molar-refractivity contribution >= 4 is 54.7 Å². The predicted molar refractivity (Wildman–Crippen MR) is 94.1 cm³/mol. The van der Waals surface area contributed by atoms with Crippen LogP contribution in [0.1, 0.15) is 33.6 Å². The molecule has 0 aromatic carbocycles. The van der Waals surface area contributed by atoms with E-state index in [0.29, 0.717) is 0 Å². The van der Waals surface area contributed by atoms with Gasteiger partial charge in [-0.15, -0.1) is 46.4 Å². The highest BCUT2D eigenvalue weighted by Crippen LogP contribution is 2.79.